The maximum Gasteiger partial charge on any atom is 0.310 e. The van der Waals surface area contributed by atoms with Crippen LogP contribution >= 0.6 is 0 Å². The summed E-state index contributed by atoms with van der Waals surface area (Å²) in [4.78, 5) is 14.8. The molecule has 0 saturated carbocycles. The lowest BCUT2D eigenvalue weighted by molar-refractivity contribution is -0.149. The zero-order chi connectivity index (χ0) is 16.1. The number of hydrogen-bond acceptors (Lipinski definition) is 5. The Morgan fingerprint density at radius 3 is 2.57 bits per heavy atom. The van der Waals surface area contributed by atoms with Gasteiger partial charge in [-0.3, -0.25) is 4.79 Å². The summed E-state index contributed by atoms with van der Waals surface area (Å²) in [7, 11) is -3.99. The topological polar surface area (TPSA) is 120 Å². The molecule has 0 aliphatic carbocycles. The summed E-state index contributed by atoms with van der Waals surface area (Å²) in [6.07, 6.45) is 1.90. The monoisotopic (exact) mass is 311 g/mol. The average molecular weight is 311 g/mol. The molecular weight excluding hydrogens is 294 g/mol. The molecule has 0 bridgehead atoms. The van der Waals surface area contributed by atoms with Crippen LogP contribution in [0.4, 0.5) is 0 Å². The van der Waals surface area contributed by atoms with Gasteiger partial charge in [-0.2, -0.15) is 5.26 Å². The van der Waals surface area contributed by atoms with Crippen molar-refractivity contribution >= 4 is 16.0 Å². The number of nitrogens with zero attached hydrogens (tertiary/aromatic N) is 2. The van der Waals surface area contributed by atoms with E-state index in [4.69, 9.17) is 5.26 Å². The number of aliphatic carboxylic acids is 1. The Hall–Kier alpha value is -1.98. The van der Waals surface area contributed by atoms with Crippen LogP contribution in [0.3, 0.4) is 0 Å². The number of nitrogens with one attached hydrogen (secondary N) is 1. The Balaban J connectivity index is 3.07. The SMILES string of the molecule is CCC(CC)(CNS(=O)(=O)c1cccnc1C#N)C(=O)O. The highest BCUT2D eigenvalue weighted by atomic mass is 32.2. The third-order valence-electron chi connectivity index (χ3n) is 3.57. The van der Waals surface area contributed by atoms with E-state index in [1.54, 1.807) is 19.9 Å². The van der Waals surface area contributed by atoms with Crippen LogP contribution in [0.25, 0.3) is 0 Å². The standard InChI is InChI=1S/C13H17N3O4S/c1-3-13(4-2,12(17)18)9-16-21(19,20)11-6-5-7-15-10(11)8-14/h5-7,16H,3-4,9H2,1-2H3,(H,17,18). The summed E-state index contributed by atoms with van der Waals surface area (Å²) < 4.78 is 26.7. The van der Waals surface area contributed by atoms with E-state index < -0.39 is 21.4 Å². The first-order valence-electron chi connectivity index (χ1n) is 6.41. The van der Waals surface area contributed by atoms with Crippen LogP contribution in [0.1, 0.15) is 32.4 Å². The van der Waals surface area contributed by atoms with Crippen LogP contribution in [0.15, 0.2) is 23.2 Å². The number of carbonyl (C=O) groups is 1. The first-order chi connectivity index (χ1) is 9.83. The normalized spacial score (nSPS) is 11.9. The number of pyridine rings is 1. The minimum absolute atomic E-state index is 0.223. The number of carboxylic acids is 1. The predicted molar refractivity (Wildman–Crippen MR) is 74.8 cm³/mol. The highest BCUT2D eigenvalue weighted by molar-refractivity contribution is 7.89. The fourth-order valence-corrected chi connectivity index (χ4v) is 3.11. The van der Waals surface area contributed by atoms with E-state index in [1.807, 2.05) is 0 Å². The first-order valence-corrected chi connectivity index (χ1v) is 7.89. The van der Waals surface area contributed by atoms with Gasteiger partial charge < -0.3 is 5.11 Å². The van der Waals surface area contributed by atoms with Gasteiger partial charge in [0.05, 0.1) is 5.41 Å². The molecule has 0 aliphatic rings. The molecule has 0 aromatic carbocycles. The van der Waals surface area contributed by atoms with Gasteiger partial charge in [-0.1, -0.05) is 13.8 Å². The molecule has 8 heteroatoms. The zero-order valence-electron chi connectivity index (χ0n) is 11.8. The summed E-state index contributed by atoms with van der Waals surface area (Å²) in [6.45, 7) is 3.14. The number of rotatable bonds is 7. The molecule has 0 spiro atoms. The molecule has 1 rings (SSSR count). The maximum absolute atomic E-state index is 12.2. The molecule has 0 aliphatic heterocycles. The van der Waals surface area contributed by atoms with Crippen LogP contribution in [-0.2, 0) is 14.8 Å². The molecule has 1 heterocycles. The van der Waals surface area contributed by atoms with E-state index in [0.717, 1.165) is 0 Å². The second kappa shape index (κ2) is 6.65. The summed E-state index contributed by atoms with van der Waals surface area (Å²) in [5.74, 6) is -1.05. The highest BCUT2D eigenvalue weighted by Crippen LogP contribution is 2.26. The fraction of sp³-hybridized carbons (Fsp3) is 0.462. The third kappa shape index (κ3) is 3.56. The van der Waals surface area contributed by atoms with E-state index >= 15 is 0 Å². The van der Waals surface area contributed by atoms with Gasteiger partial charge >= 0.3 is 5.97 Å². The Morgan fingerprint density at radius 2 is 2.10 bits per heavy atom. The average Bonchev–Trinajstić information content (AvgIpc) is 2.48. The van der Waals surface area contributed by atoms with Gasteiger partial charge in [-0.05, 0) is 25.0 Å². The van der Waals surface area contributed by atoms with E-state index in [9.17, 15) is 18.3 Å². The van der Waals surface area contributed by atoms with Gasteiger partial charge in [-0.15, -0.1) is 0 Å². The van der Waals surface area contributed by atoms with Crippen LogP contribution in [0, 0.1) is 16.7 Å². The molecule has 1 aromatic heterocycles. The predicted octanol–water partition coefficient (Wildman–Crippen LogP) is 1.12. The molecule has 114 valence electrons. The van der Waals surface area contributed by atoms with Crippen molar-refractivity contribution in [3.8, 4) is 6.07 Å². The molecule has 1 aromatic rings. The van der Waals surface area contributed by atoms with Gasteiger partial charge in [0.2, 0.25) is 10.0 Å². The molecule has 2 N–H and O–H groups in total. The zero-order valence-corrected chi connectivity index (χ0v) is 12.6. The Morgan fingerprint density at radius 1 is 1.48 bits per heavy atom. The van der Waals surface area contributed by atoms with Crippen molar-refractivity contribution in [2.24, 2.45) is 5.41 Å². The van der Waals surface area contributed by atoms with Crippen LogP contribution in [0.5, 0.6) is 0 Å². The minimum atomic E-state index is -3.99. The van der Waals surface area contributed by atoms with Gasteiger partial charge in [0, 0.05) is 12.7 Å². The number of carboxylic acid groups (broad SMARTS) is 1. The van der Waals surface area contributed by atoms with Gasteiger partial charge in [-0.25, -0.2) is 18.1 Å². The molecule has 0 atom stereocenters. The van der Waals surface area contributed by atoms with Gasteiger partial charge in [0.25, 0.3) is 0 Å². The molecule has 7 nitrogen and oxygen atoms in total. The van der Waals surface area contributed by atoms with Crippen molar-refractivity contribution in [3.05, 3.63) is 24.0 Å². The van der Waals surface area contributed by atoms with Crippen molar-refractivity contribution in [1.82, 2.24) is 9.71 Å². The Labute approximate surface area is 123 Å². The van der Waals surface area contributed by atoms with Gasteiger partial charge in [0.1, 0.15) is 11.0 Å². The lowest BCUT2D eigenvalue weighted by Gasteiger charge is -2.26. The van der Waals surface area contributed by atoms with Crippen LogP contribution in [-0.4, -0.2) is 31.0 Å². The van der Waals surface area contributed by atoms with Crippen LogP contribution < -0.4 is 4.72 Å². The molecule has 21 heavy (non-hydrogen) atoms. The minimum Gasteiger partial charge on any atom is -0.481 e. The van der Waals surface area contributed by atoms with Crippen LogP contribution in [0.2, 0.25) is 0 Å². The van der Waals surface area contributed by atoms with Crippen molar-refractivity contribution in [3.63, 3.8) is 0 Å². The summed E-state index contributed by atoms with van der Waals surface area (Å²) in [6, 6.07) is 4.36. The highest BCUT2D eigenvalue weighted by Gasteiger charge is 2.36. The van der Waals surface area contributed by atoms with E-state index in [2.05, 4.69) is 9.71 Å². The van der Waals surface area contributed by atoms with E-state index in [1.165, 1.54) is 18.3 Å². The second-order valence-electron chi connectivity index (χ2n) is 4.58. The smallest absolute Gasteiger partial charge is 0.310 e. The number of sulfonamides is 1. The van der Waals surface area contributed by atoms with E-state index in [-0.39, 0.29) is 17.1 Å². The number of aromatic nitrogens is 1. The molecule has 0 amide bonds. The summed E-state index contributed by atoms with van der Waals surface area (Å²) in [5, 5.41) is 18.2. The number of hydrogen-bond donors (Lipinski definition) is 2. The molecule has 0 unspecified atom stereocenters. The maximum atomic E-state index is 12.2. The van der Waals surface area contributed by atoms with E-state index in [0.29, 0.717) is 12.8 Å². The lowest BCUT2D eigenvalue weighted by atomic mass is 9.83. The lowest BCUT2D eigenvalue weighted by Crippen LogP contribution is -2.42. The molecule has 0 saturated heterocycles. The van der Waals surface area contributed by atoms with Crippen molar-refractivity contribution in [1.29, 1.82) is 5.26 Å². The Kier molecular flexibility index (Phi) is 5.41. The van der Waals surface area contributed by atoms with Crippen molar-refractivity contribution in [2.75, 3.05) is 6.54 Å². The summed E-state index contributed by atoms with van der Waals surface area (Å²) >= 11 is 0. The fourth-order valence-electron chi connectivity index (χ4n) is 1.88. The Bertz CT molecular complexity index is 660. The molecule has 0 radical (unpaired) electrons. The quantitative estimate of drug-likeness (QED) is 0.778. The largest absolute Gasteiger partial charge is 0.481 e. The third-order valence-corrected chi connectivity index (χ3v) is 5.01. The molecule has 0 fully saturated rings. The van der Waals surface area contributed by atoms with Crippen molar-refractivity contribution in [2.45, 2.75) is 31.6 Å². The first kappa shape index (κ1) is 17.1. The number of nitriles is 1. The van der Waals surface area contributed by atoms with Gasteiger partial charge in [0.15, 0.2) is 5.69 Å². The second-order valence-corrected chi connectivity index (χ2v) is 6.31. The summed E-state index contributed by atoms with van der Waals surface area (Å²) in [5.41, 5.74) is -1.39. The molecular formula is C13H17N3O4S. The van der Waals surface area contributed by atoms with Crippen molar-refractivity contribution < 1.29 is 18.3 Å².